The van der Waals surface area contributed by atoms with Gasteiger partial charge in [0.1, 0.15) is 18.5 Å². The zero-order valence-corrected chi connectivity index (χ0v) is 15.8. The van der Waals surface area contributed by atoms with Gasteiger partial charge in [0.05, 0.1) is 19.3 Å². The van der Waals surface area contributed by atoms with Crippen LogP contribution in [0.3, 0.4) is 0 Å². The second-order valence-corrected chi connectivity index (χ2v) is 7.13. The van der Waals surface area contributed by atoms with Crippen molar-refractivity contribution in [2.75, 3.05) is 26.3 Å². The number of aryl methyl sites for hydroxylation is 1. The average Bonchev–Trinajstić information content (AvgIpc) is 3.04. The monoisotopic (exact) mass is 364 g/mol. The van der Waals surface area contributed by atoms with Crippen LogP contribution in [0.15, 0.2) is 48.2 Å². The van der Waals surface area contributed by atoms with E-state index in [-0.39, 0.29) is 12.0 Å². The zero-order valence-electron chi connectivity index (χ0n) is 15.8. The van der Waals surface area contributed by atoms with Crippen LogP contribution in [0.4, 0.5) is 0 Å². The number of ether oxygens (including phenoxy) is 2. The van der Waals surface area contributed by atoms with E-state index in [0.29, 0.717) is 32.7 Å². The van der Waals surface area contributed by atoms with Gasteiger partial charge in [-0.15, -0.1) is 0 Å². The first-order chi connectivity index (χ1) is 13.1. The number of amides is 1. The molecule has 2 aromatic rings. The Labute approximate surface area is 159 Å². The Balaban J connectivity index is 1.39. The van der Waals surface area contributed by atoms with Crippen LogP contribution >= 0.6 is 0 Å². The van der Waals surface area contributed by atoms with Gasteiger partial charge in [-0.2, -0.15) is 0 Å². The fraction of sp³-hybridized carbons (Fsp3) is 0.364. The van der Waals surface area contributed by atoms with Crippen LogP contribution in [0.25, 0.3) is 5.57 Å². The first kappa shape index (κ1) is 17.7. The van der Waals surface area contributed by atoms with Gasteiger partial charge in [0.2, 0.25) is 0 Å². The Morgan fingerprint density at radius 2 is 2.11 bits per heavy atom. The van der Waals surface area contributed by atoms with Gasteiger partial charge in [0.15, 0.2) is 0 Å². The van der Waals surface area contributed by atoms with Crippen molar-refractivity contribution in [3.63, 3.8) is 0 Å². The molecule has 4 rings (SSSR count). The van der Waals surface area contributed by atoms with Crippen LogP contribution in [0, 0.1) is 6.92 Å². The number of hydrogen-bond donors (Lipinski definition) is 0. The van der Waals surface area contributed by atoms with Crippen molar-refractivity contribution in [3.05, 3.63) is 65.0 Å². The zero-order chi connectivity index (χ0) is 18.8. The maximum Gasteiger partial charge on any atom is 0.250 e. The van der Waals surface area contributed by atoms with Crippen LogP contribution < -0.4 is 4.74 Å². The van der Waals surface area contributed by atoms with Crippen molar-refractivity contribution in [2.45, 2.75) is 26.4 Å². The molecular weight excluding hydrogens is 340 g/mol. The number of carbonyl (C=O) groups is 1. The molecule has 0 radical (unpaired) electrons. The van der Waals surface area contributed by atoms with Crippen LogP contribution in [0.5, 0.6) is 5.75 Å². The molecule has 1 amide bonds. The van der Waals surface area contributed by atoms with Crippen molar-refractivity contribution in [3.8, 4) is 5.75 Å². The number of benzene rings is 1. The quantitative estimate of drug-likeness (QED) is 0.837. The van der Waals surface area contributed by atoms with Gasteiger partial charge in [-0.3, -0.25) is 9.78 Å². The predicted octanol–water partition coefficient (Wildman–Crippen LogP) is 3.03. The van der Waals surface area contributed by atoms with Crippen LogP contribution in [-0.2, 0) is 16.0 Å². The molecular formula is C22H24N2O3. The lowest BCUT2D eigenvalue weighted by Gasteiger charge is -2.33. The largest absolute Gasteiger partial charge is 0.489 e. The van der Waals surface area contributed by atoms with Crippen molar-refractivity contribution >= 4 is 11.5 Å². The van der Waals surface area contributed by atoms with Gasteiger partial charge in [-0.25, -0.2) is 0 Å². The number of allylic oxidation sites excluding steroid dienone is 1. The SMILES string of the molecule is CC1=C(C(=O)N2CCOC(COc3ccc(C)nc3)C2)Cc2ccccc21. The van der Waals surface area contributed by atoms with Gasteiger partial charge in [-0.1, -0.05) is 24.3 Å². The number of fused-ring (bicyclic) bond motifs is 1. The summed E-state index contributed by atoms with van der Waals surface area (Å²) in [6.07, 6.45) is 2.30. The van der Waals surface area contributed by atoms with E-state index in [1.54, 1.807) is 6.20 Å². The maximum atomic E-state index is 13.1. The molecule has 1 aliphatic carbocycles. The number of aromatic nitrogens is 1. The van der Waals surface area contributed by atoms with E-state index in [1.807, 2.05) is 43.0 Å². The van der Waals surface area contributed by atoms with E-state index in [9.17, 15) is 4.79 Å². The minimum atomic E-state index is -0.131. The molecule has 0 spiro atoms. The number of carbonyl (C=O) groups excluding carboxylic acids is 1. The summed E-state index contributed by atoms with van der Waals surface area (Å²) in [4.78, 5) is 19.2. The third-order valence-corrected chi connectivity index (χ3v) is 5.25. The van der Waals surface area contributed by atoms with Crippen molar-refractivity contribution in [1.82, 2.24) is 9.88 Å². The van der Waals surface area contributed by atoms with Crippen LogP contribution in [-0.4, -0.2) is 48.2 Å². The summed E-state index contributed by atoms with van der Waals surface area (Å²) in [5, 5.41) is 0. The Hall–Kier alpha value is -2.66. The molecule has 2 aliphatic rings. The fourth-order valence-electron chi connectivity index (χ4n) is 3.69. The van der Waals surface area contributed by atoms with E-state index < -0.39 is 0 Å². The number of morpholine rings is 1. The molecule has 0 N–H and O–H groups in total. The Kier molecular flexibility index (Phi) is 4.94. The number of hydrogen-bond acceptors (Lipinski definition) is 4. The standard InChI is InChI=1S/C22H24N2O3/c1-15-7-8-18(12-23-15)27-14-19-13-24(9-10-26-19)22(25)21-11-17-5-3-4-6-20(17)16(21)2/h3-8,12,19H,9-11,13-14H2,1-2H3. The maximum absolute atomic E-state index is 13.1. The minimum absolute atomic E-state index is 0.119. The highest BCUT2D eigenvalue weighted by Crippen LogP contribution is 2.33. The molecule has 1 saturated heterocycles. The summed E-state index contributed by atoms with van der Waals surface area (Å²) in [6, 6.07) is 12.1. The molecule has 1 aromatic heterocycles. The van der Waals surface area contributed by atoms with E-state index in [1.165, 1.54) is 11.1 Å². The lowest BCUT2D eigenvalue weighted by atomic mass is 10.1. The molecule has 1 aromatic carbocycles. The third-order valence-electron chi connectivity index (χ3n) is 5.25. The van der Waals surface area contributed by atoms with Gasteiger partial charge >= 0.3 is 0 Å². The smallest absolute Gasteiger partial charge is 0.250 e. The molecule has 0 bridgehead atoms. The molecule has 1 atom stereocenters. The van der Waals surface area contributed by atoms with E-state index in [0.717, 1.165) is 22.6 Å². The Morgan fingerprint density at radius 1 is 1.26 bits per heavy atom. The van der Waals surface area contributed by atoms with E-state index in [2.05, 4.69) is 17.1 Å². The summed E-state index contributed by atoms with van der Waals surface area (Å²) in [7, 11) is 0. The van der Waals surface area contributed by atoms with Gasteiger partial charge in [0.25, 0.3) is 5.91 Å². The third kappa shape index (κ3) is 3.74. The summed E-state index contributed by atoms with van der Waals surface area (Å²) >= 11 is 0. The number of nitrogens with zero attached hydrogens (tertiary/aromatic N) is 2. The average molecular weight is 364 g/mol. The molecule has 140 valence electrons. The summed E-state index contributed by atoms with van der Waals surface area (Å²) in [5.41, 5.74) is 5.38. The normalized spacial score (nSPS) is 19.2. The minimum Gasteiger partial charge on any atom is -0.489 e. The summed E-state index contributed by atoms with van der Waals surface area (Å²) in [6.45, 7) is 6.09. The highest BCUT2D eigenvalue weighted by atomic mass is 16.5. The molecule has 0 saturated carbocycles. The molecule has 1 fully saturated rings. The Morgan fingerprint density at radius 3 is 2.89 bits per heavy atom. The second kappa shape index (κ2) is 7.53. The first-order valence-electron chi connectivity index (χ1n) is 9.36. The second-order valence-electron chi connectivity index (χ2n) is 7.13. The van der Waals surface area contributed by atoms with E-state index >= 15 is 0 Å². The number of rotatable bonds is 4. The topological polar surface area (TPSA) is 51.7 Å². The van der Waals surface area contributed by atoms with Gasteiger partial charge in [0, 0.05) is 24.2 Å². The molecule has 1 aliphatic heterocycles. The molecule has 2 heterocycles. The van der Waals surface area contributed by atoms with Gasteiger partial charge in [-0.05, 0) is 42.7 Å². The lowest BCUT2D eigenvalue weighted by molar-refractivity contribution is -0.135. The lowest BCUT2D eigenvalue weighted by Crippen LogP contribution is -2.48. The van der Waals surface area contributed by atoms with Crippen molar-refractivity contribution in [2.24, 2.45) is 0 Å². The van der Waals surface area contributed by atoms with Crippen molar-refractivity contribution < 1.29 is 14.3 Å². The molecule has 5 heteroatoms. The van der Waals surface area contributed by atoms with Gasteiger partial charge < -0.3 is 14.4 Å². The first-order valence-corrected chi connectivity index (χ1v) is 9.36. The molecule has 5 nitrogen and oxygen atoms in total. The highest BCUT2D eigenvalue weighted by molar-refractivity contribution is 6.03. The van der Waals surface area contributed by atoms with E-state index in [4.69, 9.17) is 9.47 Å². The highest BCUT2D eigenvalue weighted by Gasteiger charge is 2.30. The van der Waals surface area contributed by atoms with Crippen LogP contribution in [0.2, 0.25) is 0 Å². The molecule has 27 heavy (non-hydrogen) atoms. The predicted molar refractivity (Wildman–Crippen MR) is 104 cm³/mol. The summed E-state index contributed by atoms with van der Waals surface area (Å²) in [5.74, 6) is 0.839. The summed E-state index contributed by atoms with van der Waals surface area (Å²) < 4.78 is 11.6. The number of pyridine rings is 1. The van der Waals surface area contributed by atoms with Crippen molar-refractivity contribution in [1.29, 1.82) is 0 Å². The Bertz CT molecular complexity index is 873. The van der Waals surface area contributed by atoms with Crippen LogP contribution in [0.1, 0.15) is 23.7 Å². The fourth-order valence-corrected chi connectivity index (χ4v) is 3.69. The molecule has 1 unspecified atom stereocenters.